The molecule has 1 aliphatic heterocycles. The van der Waals surface area contributed by atoms with Gasteiger partial charge in [-0.05, 0) is 47.1 Å². The molecule has 0 spiro atoms. The number of aryl methyl sites for hydroxylation is 1. The van der Waals surface area contributed by atoms with E-state index in [0.717, 1.165) is 10.0 Å². The lowest BCUT2D eigenvalue weighted by Gasteiger charge is -2.37. The predicted octanol–water partition coefficient (Wildman–Crippen LogP) is 2.60. The third kappa shape index (κ3) is 3.02. The standard InChI is InChI=1S/C15H15BrN2O3S/c1-11-4-6-13(7-5-11)22(19,20)18-9-12(10-18)21-15-14(16)3-2-8-17-15/h2-8,12H,9-10H2,1H3. The van der Waals surface area contributed by atoms with E-state index >= 15 is 0 Å². The molecule has 0 N–H and O–H groups in total. The number of hydrogen-bond acceptors (Lipinski definition) is 4. The zero-order chi connectivity index (χ0) is 15.7. The number of aromatic nitrogens is 1. The van der Waals surface area contributed by atoms with Crippen LogP contribution in [0.1, 0.15) is 5.56 Å². The summed E-state index contributed by atoms with van der Waals surface area (Å²) >= 11 is 3.36. The molecule has 3 rings (SSSR count). The van der Waals surface area contributed by atoms with Gasteiger partial charge in [-0.3, -0.25) is 0 Å². The molecule has 2 aromatic rings. The SMILES string of the molecule is Cc1ccc(S(=O)(=O)N2CC(Oc3ncccc3Br)C2)cc1. The van der Waals surface area contributed by atoms with Gasteiger partial charge in [-0.1, -0.05) is 17.7 Å². The molecule has 7 heteroatoms. The van der Waals surface area contributed by atoms with E-state index < -0.39 is 10.0 Å². The van der Waals surface area contributed by atoms with Crippen molar-refractivity contribution in [3.63, 3.8) is 0 Å². The van der Waals surface area contributed by atoms with E-state index in [-0.39, 0.29) is 6.10 Å². The van der Waals surface area contributed by atoms with E-state index in [2.05, 4.69) is 20.9 Å². The van der Waals surface area contributed by atoms with Crippen molar-refractivity contribution in [3.8, 4) is 5.88 Å². The highest BCUT2D eigenvalue weighted by Crippen LogP contribution is 2.27. The van der Waals surface area contributed by atoms with Gasteiger partial charge >= 0.3 is 0 Å². The van der Waals surface area contributed by atoms with E-state index in [1.807, 2.05) is 13.0 Å². The molecule has 2 heterocycles. The van der Waals surface area contributed by atoms with Crippen LogP contribution in [-0.4, -0.2) is 36.9 Å². The highest BCUT2D eigenvalue weighted by atomic mass is 79.9. The molecule has 0 atom stereocenters. The molecule has 1 aliphatic rings. The lowest BCUT2D eigenvalue weighted by molar-refractivity contribution is 0.0713. The summed E-state index contributed by atoms with van der Waals surface area (Å²) in [5, 5.41) is 0. The first kappa shape index (κ1) is 15.5. The van der Waals surface area contributed by atoms with Crippen molar-refractivity contribution < 1.29 is 13.2 Å². The van der Waals surface area contributed by atoms with Gasteiger partial charge < -0.3 is 4.74 Å². The normalized spacial score (nSPS) is 16.3. The maximum Gasteiger partial charge on any atom is 0.243 e. The average Bonchev–Trinajstić information content (AvgIpc) is 2.44. The van der Waals surface area contributed by atoms with Crippen molar-refractivity contribution in [2.45, 2.75) is 17.9 Å². The van der Waals surface area contributed by atoms with Crippen molar-refractivity contribution in [2.24, 2.45) is 0 Å². The van der Waals surface area contributed by atoms with Crippen LogP contribution in [-0.2, 0) is 10.0 Å². The number of ether oxygens (including phenoxy) is 1. The fraction of sp³-hybridized carbons (Fsp3) is 0.267. The molecule has 0 radical (unpaired) electrons. The van der Waals surface area contributed by atoms with E-state index in [1.165, 1.54) is 4.31 Å². The van der Waals surface area contributed by atoms with Crippen molar-refractivity contribution in [3.05, 3.63) is 52.6 Å². The molecule has 0 unspecified atom stereocenters. The Morgan fingerprint density at radius 2 is 1.91 bits per heavy atom. The monoisotopic (exact) mass is 382 g/mol. The number of pyridine rings is 1. The van der Waals surface area contributed by atoms with Crippen molar-refractivity contribution in [1.29, 1.82) is 0 Å². The summed E-state index contributed by atoms with van der Waals surface area (Å²) in [5.74, 6) is 0.486. The van der Waals surface area contributed by atoms with Crippen LogP contribution in [0.5, 0.6) is 5.88 Å². The van der Waals surface area contributed by atoms with Crippen LogP contribution in [0.2, 0.25) is 0 Å². The third-order valence-electron chi connectivity index (χ3n) is 3.48. The van der Waals surface area contributed by atoms with Gasteiger partial charge in [-0.25, -0.2) is 13.4 Å². The van der Waals surface area contributed by atoms with Crippen molar-refractivity contribution >= 4 is 26.0 Å². The topological polar surface area (TPSA) is 59.5 Å². The van der Waals surface area contributed by atoms with Crippen LogP contribution in [0.25, 0.3) is 0 Å². The second-order valence-corrected chi connectivity index (χ2v) is 7.96. The predicted molar refractivity (Wildman–Crippen MR) is 86.3 cm³/mol. The molecule has 1 saturated heterocycles. The molecule has 0 amide bonds. The maximum atomic E-state index is 12.4. The highest BCUT2D eigenvalue weighted by molar-refractivity contribution is 9.10. The zero-order valence-electron chi connectivity index (χ0n) is 11.9. The van der Waals surface area contributed by atoms with Gasteiger partial charge in [0.2, 0.25) is 15.9 Å². The number of sulfonamides is 1. The molecule has 1 aromatic heterocycles. The summed E-state index contributed by atoms with van der Waals surface area (Å²) in [6.07, 6.45) is 1.46. The summed E-state index contributed by atoms with van der Waals surface area (Å²) in [6.45, 7) is 2.59. The first-order valence-corrected chi connectivity index (χ1v) is 9.04. The Bertz CT molecular complexity index is 772. The van der Waals surface area contributed by atoms with Gasteiger partial charge in [0, 0.05) is 6.20 Å². The third-order valence-corrected chi connectivity index (χ3v) is 5.93. The Kier molecular flexibility index (Phi) is 4.20. The van der Waals surface area contributed by atoms with Gasteiger partial charge in [-0.15, -0.1) is 0 Å². The smallest absolute Gasteiger partial charge is 0.243 e. The number of hydrogen-bond donors (Lipinski definition) is 0. The molecule has 116 valence electrons. The number of rotatable bonds is 4. The van der Waals surface area contributed by atoms with Crippen molar-refractivity contribution in [2.75, 3.05) is 13.1 Å². The van der Waals surface area contributed by atoms with Gasteiger partial charge in [0.1, 0.15) is 6.10 Å². The molecule has 1 fully saturated rings. The number of benzene rings is 1. The van der Waals surface area contributed by atoms with E-state index in [9.17, 15) is 8.42 Å². The molecule has 0 saturated carbocycles. The Labute approximate surface area is 138 Å². The average molecular weight is 383 g/mol. The largest absolute Gasteiger partial charge is 0.471 e. The second-order valence-electron chi connectivity index (χ2n) is 5.17. The van der Waals surface area contributed by atoms with Crippen LogP contribution in [0.15, 0.2) is 52.0 Å². The summed E-state index contributed by atoms with van der Waals surface area (Å²) in [7, 11) is -3.43. The molecule has 1 aromatic carbocycles. The van der Waals surface area contributed by atoms with Gasteiger partial charge in [0.05, 0.1) is 22.5 Å². The highest BCUT2D eigenvalue weighted by Gasteiger charge is 2.38. The van der Waals surface area contributed by atoms with Crippen LogP contribution in [0.4, 0.5) is 0 Å². The molecular formula is C15H15BrN2O3S. The first-order valence-electron chi connectivity index (χ1n) is 6.81. The van der Waals surface area contributed by atoms with Gasteiger partial charge in [0.15, 0.2) is 0 Å². The molecule has 0 bridgehead atoms. The van der Waals surface area contributed by atoms with Crippen LogP contribution in [0.3, 0.4) is 0 Å². The van der Waals surface area contributed by atoms with Crippen molar-refractivity contribution in [1.82, 2.24) is 9.29 Å². The minimum absolute atomic E-state index is 0.175. The molecule has 5 nitrogen and oxygen atoms in total. The molecule has 0 aliphatic carbocycles. The van der Waals surface area contributed by atoms with Crippen LogP contribution >= 0.6 is 15.9 Å². The summed E-state index contributed by atoms with van der Waals surface area (Å²) in [4.78, 5) is 4.43. The Morgan fingerprint density at radius 1 is 1.23 bits per heavy atom. The van der Waals surface area contributed by atoms with Crippen LogP contribution < -0.4 is 4.74 Å². The van der Waals surface area contributed by atoms with E-state index in [4.69, 9.17) is 4.74 Å². The zero-order valence-corrected chi connectivity index (χ0v) is 14.3. The Hall–Kier alpha value is -1.44. The number of halogens is 1. The first-order chi connectivity index (χ1) is 10.5. The summed E-state index contributed by atoms with van der Waals surface area (Å²) in [5.41, 5.74) is 1.03. The lowest BCUT2D eigenvalue weighted by atomic mass is 10.2. The number of nitrogens with zero attached hydrogens (tertiary/aromatic N) is 2. The maximum absolute atomic E-state index is 12.4. The quantitative estimate of drug-likeness (QED) is 0.815. The minimum Gasteiger partial charge on any atom is -0.471 e. The lowest BCUT2D eigenvalue weighted by Crippen LogP contribution is -2.56. The molecule has 22 heavy (non-hydrogen) atoms. The van der Waals surface area contributed by atoms with Gasteiger partial charge in [-0.2, -0.15) is 4.31 Å². The second kappa shape index (κ2) is 5.98. The van der Waals surface area contributed by atoms with Gasteiger partial charge in [0.25, 0.3) is 0 Å². The fourth-order valence-electron chi connectivity index (χ4n) is 2.15. The Morgan fingerprint density at radius 3 is 2.55 bits per heavy atom. The fourth-order valence-corrected chi connectivity index (χ4v) is 4.00. The summed E-state index contributed by atoms with van der Waals surface area (Å²) in [6, 6.07) is 10.5. The van der Waals surface area contributed by atoms with Crippen LogP contribution in [0, 0.1) is 6.92 Å². The Balaban J connectivity index is 1.65. The summed E-state index contributed by atoms with van der Waals surface area (Å²) < 4.78 is 32.7. The van der Waals surface area contributed by atoms with E-state index in [1.54, 1.807) is 36.5 Å². The minimum atomic E-state index is -3.43. The molecular weight excluding hydrogens is 368 g/mol. The van der Waals surface area contributed by atoms with E-state index in [0.29, 0.717) is 23.9 Å².